The van der Waals surface area contributed by atoms with Crippen LogP contribution in [0.4, 0.5) is 17.1 Å². The first-order valence-corrected chi connectivity index (χ1v) is 10.8. The van der Waals surface area contributed by atoms with Crippen LogP contribution >= 0.6 is 0 Å². The molecule has 0 unspecified atom stereocenters. The number of hydrazone groups is 1. The lowest BCUT2D eigenvalue weighted by atomic mass is 10.1. The first kappa shape index (κ1) is 24.8. The molecule has 0 spiro atoms. The van der Waals surface area contributed by atoms with Gasteiger partial charge in [-0.15, -0.1) is 0 Å². The smallest absolute Gasteiger partial charge is 0.270 e. The van der Waals surface area contributed by atoms with Crippen LogP contribution in [0, 0.1) is 28.9 Å². The number of hydrogen-bond acceptors (Lipinski definition) is 6. The Morgan fingerprint density at radius 3 is 2.41 bits per heavy atom. The van der Waals surface area contributed by atoms with Crippen molar-refractivity contribution in [3.05, 3.63) is 63.7 Å². The van der Waals surface area contributed by atoms with Gasteiger partial charge >= 0.3 is 0 Å². The minimum absolute atomic E-state index is 0.0170. The van der Waals surface area contributed by atoms with Crippen LogP contribution < -0.4 is 15.6 Å². The molecule has 0 aliphatic rings. The molecule has 8 nitrogen and oxygen atoms in total. The van der Waals surface area contributed by atoms with Crippen LogP contribution in [0.15, 0.2) is 47.6 Å². The molecule has 0 radical (unpaired) electrons. The summed E-state index contributed by atoms with van der Waals surface area (Å²) in [5.74, 6) is 0.526. The maximum Gasteiger partial charge on any atom is 0.270 e. The summed E-state index contributed by atoms with van der Waals surface area (Å²) in [6.07, 6.45) is 1.47. The Balaban J connectivity index is 2.16. The molecule has 0 fully saturated rings. The van der Waals surface area contributed by atoms with Gasteiger partial charge in [0.2, 0.25) is 0 Å². The lowest BCUT2D eigenvalue weighted by Crippen LogP contribution is -2.32. The van der Waals surface area contributed by atoms with E-state index in [0.717, 1.165) is 30.0 Å². The molecule has 2 rings (SSSR count). The van der Waals surface area contributed by atoms with Gasteiger partial charge in [-0.2, -0.15) is 5.10 Å². The van der Waals surface area contributed by atoms with E-state index in [0.29, 0.717) is 17.4 Å². The Kier molecular flexibility index (Phi) is 9.19. The molecule has 0 aromatic heterocycles. The number of carbonyl (C=O) groups is 1. The van der Waals surface area contributed by atoms with Crippen LogP contribution in [0.25, 0.3) is 0 Å². The summed E-state index contributed by atoms with van der Waals surface area (Å²) in [4.78, 5) is 25.2. The van der Waals surface area contributed by atoms with Crippen molar-refractivity contribution in [2.24, 2.45) is 16.9 Å². The number of nitro groups is 1. The highest BCUT2D eigenvalue weighted by Gasteiger charge is 2.17. The van der Waals surface area contributed by atoms with Crippen molar-refractivity contribution in [2.45, 2.75) is 34.6 Å². The maximum absolute atomic E-state index is 12.2. The highest BCUT2D eigenvalue weighted by atomic mass is 16.6. The van der Waals surface area contributed by atoms with Gasteiger partial charge in [0.15, 0.2) is 0 Å². The standard InChI is InChI=1S/C24H33N5O3/c1-17(2)15-28(16-18(3)4)23-10-9-22(29(31)32)12-20(23)13-26-27-24(30)14-25-21-8-6-7-19(5)11-21/h6-13,17-18,25H,14-16H2,1-5H3,(H,27,30)/b26-13+. The number of benzene rings is 2. The predicted octanol–water partition coefficient (Wildman–Crippen LogP) is 4.58. The molecule has 0 heterocycles. The number of nitrogens with one attached hydrogen (secondary N) is 2. The number of carbonyl (C=O) groups excluding carboxylic acids is 1. The quantitative estimate of drug-likeness (QED) is 0.303. The Labute approximate surface area is 189 Å². The Bertz CT molecular complexity index is 946. The molecule has 2 aromatic rings. The van der Waals surface area contributed by atoms with Crippen molar-refractivity contribution >= 4 is 29.2 Å². The molecule has 2 N–H and O–H groups in total. The molecule has 0 aliphatic heterocycles. The summed E-state index contributed by atoms with van der Waals surface area (Å²) in [7, 11) is 0. The van der Waals surface area contributed by atoms with Crippen molar-refractivity contribution in [3.8, 4) is 0 Å². The number of rotatable bonds is 11. The van der Waals surface area contributed by atoms with E-state index in [2.05, 4.69) is 48.4 Å². The SMILES string of the molecule is Cc1cccc(NCC(=O)N/N=C/c2cc([N+](=O)[O-])ccc2N(CC(C)C)CC(C)C)c1. The van der Waals surface area contributed by atoms with Crippen LogP contribution in [0.1, 0.15) is 38.8 Å². The average molecular weight is 440 g/mol. The molecule has 32 heavy (non-hydrogen) atoms. The maximum atomic E-state index is 12.2. The summed E-state index contributed by atoms with van der Waals surface area (Å²) in [6.45, 7) is 12.2. The van der Waals surface area contributed by atoms with E-state index in [9.17, 15) is 14.9 Å². The van der Waals surface area contributed by atoms with Crippen molar-refractivity contribution in [2.75, 3.05) is 29.9 Å². The fourth-order valence-electron chi connectivity index (χ4n) is 3.35. The second kappa shape index (κ2) is 11.8. The molecular formula is C24H33N5O3. The van der Waals surface area contributed by atoms with Gasteiger partial charge in [-0.05, 0) is 42.5 Å². The summed E-state index contributed by atoms with van der Waals surface area (Å²) in [5.41, 5.74) is 5.87. The van der Waals surface area contributed by atoms with Crippen LogP contribution in [0.3, 0.4) is 0 Å². The van der Waals surface area contributed by atoms with Gasteiger partial charge in [0, 0.05) is 42.2 Å². The minimum Gasteiger partial charge on any atom is -0.376 e. The molecule has 1 amide bonds. The lowest BCUT2D eigenvalue weighted by molar-refractivity contribution is -0.384. The summed E-state index contributed by atoms with van der Waals surface area (Å²) in [6, 6.07) is 12.5. The predicted molar refractivity (Wildman–Crippen MR) is 130 cm³/mol. The number of non-ortho nitro benzene ring substituents is 1. The normalized spacial score (nSPS) is 11.2. The van der Waals surface area contributed by atoms with Gasteiger partial charge in [-0.3, -0.25) is 14.9 Å². The van der Waals surface area contributed by atoms with Crippen LogP contribution in [0.5, 0.6) is 0 Å². The average Bonchev–Trinajstić information content (AvgIpc) is 2.71. The monoisotopic (exact) mass is 439 g/mol. The van der Waals surface area contributed by atoms with E-state index >= 15 is 0 Å². The molecule has 0 atom stereocenters. The molecule has 172 valence electrons. The fraction of sp³-hybridized carbons (Fsp3) is 0.417. The van der Waals surface area contributed by atoms with Crippen molar-refractivity contribution in [1.82, 2.24) is 5.43 Å². The molecule has 0 bridgehead atoms. The lowest BCUT2D eigenvalue weighted by Gasteiger charge is -2.29. The zero-order chi connectivity index (χ0) is 23.7. The van der Waals surface area contributed by atoms with Crippen molar-refractivity contribution < 1.29 is 9.72 Å². The van der Waals surface area contributed by atoms with Crippen molar-refractivity contribution in [1.29, 1.82) is 0 Å². The van der Waals surface area contributed by atoms with E-state index in [1.165, 1.54) is 18.3 Å². The van der Waals surface area contributed by atoms with E-state index in [-0.39, 0.29) is 18.1 Å². The van der Waals surface area contributed by atoms with Gasteiger partial charge in [0.1, 0.15) is 0 Å². The molecule has 0 aliphatic carbocycles. The third kappa shape index (κ3) is 8.02. The van der Waals surface area contributed by atoms with Gasteiger partial charge in [-0.25, -0.2) is 5.43 Å². The van der Waals surface area contributed by atoms with Gasteiger partial charge in [0.25, 0.3) is 11.6 Å². The third-order valence-electron chi connectivity index (χ3n) is 4.60. The largest absolute Gasteiger partial charge is 0.376 e. The van der Waals surface area contributed by atoms with Gasteiger partial charge < -0.3 is 10.2 Å². The molecule has 2 aromatic carbocycles. The van der Waals surface area contributed by atoms with Crippen LogP contribution in [-0.2, 0) is 4.79 Å². The second-order valence-corrected chi connectivity index (χ2v) is 8.71. The topological polar surface area (TPSA) is 99.9 Å². The Morgan fingerprint density at radius 1 is 1.12 bits per heavy atom. The molecule has 0 saturated heterocycles. The van der Waals surface area contributed by atoms with Gasteiger partial charge in [0.05, 0.1) is 17.7 Å². The second-order valence-electron chi connectivity index (χ2n) is 8.71. The number of nitro benzene ring substituents is 1. The van der Waals surface area contributed by atoms with E-state index in [4.69, 9.17) is 0 Å². The zero-order valence-corrected chi connectivity index (χ0v) is 19.5. The van der Waals surface area contributed by atoms with E-state index in [1.54, 1.807) is 6.07 Å². The molecule has 8 heteroatoms. The molecular weight excluding hydrogens is 406 g/mol. The van der Waals surface area contributed by atoms with Crippen molar-refractivity contribution in [3.63, 3.8) is 0 Å². The number of aryl methyl sites for hydroxylation is 1. The summed E-state index contributed by atoms with van der Waals surface area (Å²) in [5, 5.41) is 18.4. The number of nitrogens with zero attached hydrogens (tertiary/aromatic N) is 3. The first-order chi connectivity index (χ1) is 15.2. The number of amides is 1. The third-order valence-corrected chi connectivity index (χ3v) is 4.60. The van der Waals surface area contributed by atoms with Gasteiger partial charge in [-0.1, -0.05) is 39.8 Å². The number of anilines is 2. The highest BCUT2D eigenvalue weighted by molar-refractivity contribution is 5.90. The van der Waals surface area contributed by atoms with E-state index < -0.39 is 4.92 Å². The number of hydrogen-bond donors (Lipinski definition) is 2. The van der Waals surface area contributed by atoms with E-state index in [1.807, 2.05) is 31.2 Å². The van der Waals surface area contributed by atoms with Crippen LogP contribution in [-0.4, -0.2) is 36.7 Å². The fourth-order valence-corrected chi connectivity index (χ4v) is 3.35. The molecule has 0 saturated carbocycles. The zero-order valence-electron chi connectivity index (χ0n) is 19.5. The minimum atomic E-state index is -0.430. The highest BCUT2D eigenvalue weighted by Crippen LogP contribution is 2.26. The summed E-state index contributed by atoms with van der Waals surface area (Å²) < 4.78 is 0. The Hall–Kier alpha value is -3.42. The first-order valence-electron chi connectivity index (χ1n) is 10.8. The Morgan fingerprint density at radius 2 is 1.81 bits per heavy atom. The van der Waals surface area contributed by atoms with Crippen LogP contribution in [0.2, 0.25) is 0 Å². The summed E-state index contributed by atoms with van der Waals surface area (Å²) >= 11 is 0.